The molecular weight excluding hydrogens is 128 g/mol. The molecule has 10 heavy (non-hydrogen) atoms. The Morgan fingerprint density at radius 1 is 1.80 bits per heavy atom. The Hall–Kier alpha value is -0.410. The first-order valence-corrected chi connectivity index (χ1v) is 3.61. The summed E-state index contributed by atoms with van der Waals surface area (Å²) >= 11 is 0. The van der Waals surface area contributed by atoms with Crippen LogP contribution in [0, 0.1) is 0 Å². The summed E-state index contributed by atoms with van der Waals surface area (Å²) in [5.74, 6) is 0.186. The van der Waals surface area contributed by atoms with Crippen molar-refractivity contribution in [2.45, 2.75) is 25.3 Å². The smallest absolute Gasteiger partial charge is 0.131 e. The molecular formula is C7H14N2O. The first kappa shape index (κ1) is 7.69. The number of carbonyl (C=O) groups excluding carboxylic acids is 1. The van der Waals surface area contributed by atoms with E-state index in [1.807, 2.05) is 0 Å². The van der Waals surface area contributed by atoms with Gasteiger partial charge in [0.05, 0.1) is 0 Å². The molecule has 1 heterocycles. The van der Waals surface area contributed by atoms with Crippen molar-refractivity contribution in [3.8, 4) is 0 Å². The number of rotatable bonds is 2. The molecule has 1 aliphatic rings. The molecule has 3 nitrogen and oxygen atoms in total. The van der Waals surface area contributed by atoms with Crippen molar-refractivity contribution >= 4 is 5.78 Å². The van der Waals surface area contributed by atoms with Gasteiger partial charge < -0.3 is 11.1 Å². The summed E-state index contributed by atoms with van der Waals surface area (Å²) in [5.41, 5.74) is 5.63. The minimum absolute atomic E-state index is 0.186. The van der Waals surface area contributed by atoms with Gasteiger partial charge in [0.1, 0.15) is 5.78 Å². The highest BCUT2D eigenvalue weighted by molar-refractivity contribution is 5.76. The molecule has 1 atom stereocenters. The monoisotopic (exact) mass is 142 g/mol. The van der Waals surface area contributed by atoms with Crippen LogP contribution in [0.4, 0.5) is 0 Å². The highest BCUT2D eigenvalue weighted by Crippen LogP contribution is 2.15. The van der Waals surface area contributed by atoms with Crippen molar-refractivity contribution in [3.63, 3.8) is 0 Å². The number of nitrogens with two attached hydrogens (primary N) is 1. The third-order valence-electron chi connectivity index (χ3n) is 1.88. The van der Waals surface area contributed by atoms with E-state index in [0.29, 0.717) is 6.42 Å². The summed E-state index contributed by atoms with van der Waals surface area (Å²) in [7, 11) is 0. The molecule has 0 radical (unpaired) electrons. The van der Waals surface area contributed by atoms with Crippen LogP contribution in [0.2, 0.25) is 0 Å². The summed E-state index contributed by atoms with van der Waals surface area (Å²) in [4.78, 5) is 10.7. The number of nitrogens with one attached hydrogen (secondary N) is 1. The second-order valence-corrected chi connectivity index (χ2v) is 3.17. The van der Waals surface area contributed by atoms with E-state index in [2.05, 4.69) is 5.32 Å². The Kier molecular flexibility index (Phi) is 2.06. The predicted molar refractivity (Wildman–Crippen MR) is 39.7 cm³/mol. The second-order valence-electron chi connectivity index (χ2n) is 3.17. The van der Waals surface area contributed by atoms with E-state index in [1.165, 1.54) is 0 Å². The second kappa shape index (κ2) is 2.68. The maximum atomic E-state index is 10.7. The SMILES string of the molecule is CC(=O)CC1(N)CCNC1. The summed E-state index contributed by atoms with van der Waals surface area (Å²) in [6.45, 7) is 3.32. The minimum Gasteiger partial charge on any atom is -0.324 e. The van der Waals surface area contributed by atoms with Crippen molar-refractivity contribution in [1.29, 1.82) is 0 Å². The molecule has 0 amide bonds. The van der Waals surface area contributed by atoms with Crippen LogP contribution in [0.25, 0.3) is 0 Å². The van der Waals surface area contributed by atoms with E-state index < -0.39 is 0 Å². The van der Waals surface area contributed by atoms with Gasteiger partial charge in [-0.15, -0.1) is 0 Å². The van der Waals surface area contributed by atoms with Crippen LogP contribution in [-0.2, 0) is 4.79 Å². The van der Waals surface area contributed by atoms with Gasteiger partial charge in [0.2, 0.25) is 0 Å². The van der Waals surface area contributed by atoms with Gasteiger partial charge in [-0.3, -0.25) is 4.79 Å². The average molecular weight is 142 g/mol. The lowest BCUT2D eigenvalue weighted by Gasteiger charge is -2.20. The van der Waals surface area contributed by atoms with Gasteiger partial charge in [-0.05, 0) is 19.9 Å². The number of ketones is 1. The fraction of sp³-hybridized carbons (Fsp3) is 0.857. The number of carbonyl (C=O) groups is 1. The van der Waals surface area contributed by atoms with Gasteiger partial charge in [-0.2, -0.15) is 0 Å². The molecule has 0 aliphatic carbocycles. The van der Waals surface area contributed by atoms with E-state index in [-0.39, 0.29) is 11.3 Å². The molecule has 58 valence electrons. The first-order valence-electron chi connectivity index (χ1n) is 3.61. The van der Waals surface area contributed by atoms with Crippen LogP contribution in [0.1, 0.15) is 19.8 Å². The van der Waals surface area contributed by atoms with Gasteiger partial charge in [-0.1, -0.05) is 0 Å². The fourth-order valence-corrected chi connectivity index (χ4v) is 1.41. The third-order valence-corrected chi connectivity index (χ3v) is 1.88. The summed E-state index contributed by atoms with van der Waals surface area (Å²) in [6, 6.07) is 0. The highest BCUT2D eigenvalue weighted by Gasteiger charge is 2.29. The molecule has 0 bridgehead atoms. The van der Waals surface area contributed by atoms with Crippen molar-refractivity contribution in [1.82, 2.24) is 5.32 Å². The quantitative estimate of drug-likeness (QED) is 0.554. The Morgan fingerprint density at radius 3 is 2.90 bits per heavy atom. The van der Waals surface area contributed by atoms with E-state index >= 15 is 0 Å². The molecule has 1 unspecified atom stereocenters. The molecule has 1 rings (SSSR count). The van der Waals surface area contributed by atoms with Crippen LogP contribution in [0.15, 0.2) is 0 Å². The van der Waals surface area contributed by atoms with Crippen molar-refractivity contribution < 1.29 is 4.79 Å². The minimum atomic E-state index is -0.244. The lowest BCUT2D eigenvalue weighted by atomic mass is 9.94. The molecule has 0 aromatic carbocycles. The standard InChI is InChI=1S/C7H14N2O/c1-6(10)4-7(8)2-3-9-5-7/h9H,2-5,8H2,1H3. The van der Waals surface area contributed by atoms with Crippen LogP contribution in [0.3, 0.4) is 0 Å². The summed E-state index contributed by atoms with van der Waals surface area (Å²) in [6.07, 6.45) is 1.44. The highest BCUT2D eigenvalue weighted by atomic mass is 16.1. The van der Waals surface area contributed by atoms with E-state index in [0.717, 1.165) is 19.5 Å². The fourth-order valence-electron chi connectivity index (χ4n) is 1.41. The van der Waals surface area contributed by atoms with Crippen molar-refractivity contribution in [2.24, 2.45) is 5.73 Å². The molecule has 3 heteroatoms. The molecule has 0 aromatic heterocycles. The molecule has 1 fully saturated rings. The predicted octanol–water partition coefficient (Wildman–Crippen LogP) is -0.344. The molecule has 0 aromatic rings. The largest absolute Gasteiger partial charge is 0.324 e. The van der Waals surface area contributed by atoms with Crippen molar-refractivity contribution in [2.75, 3.05) is 13.1 Å². The number of hydrogen-bond acceptors (Lipinski definition) is 3. The van der Waals surface area contributed by atoms with Crippen LogP contribution in [-0.4, -0.2) is 24.4 Å². The van der Waals surface area contributed by atoms with Crippen molar-refractivity contribution in [3.05, 3.63) is 0 Å². The summed E-state index contributed by atoms with van der Waals surface area (Å²) in [5, 5.41) is 3.14. The maximum absolute atomic E-state index is 10.7. The Labute approximate surface area is 61.0 Å². The van der Waals surface area contributed by atoms with Gasteiger partial charge in [0.25, 0.3) is 0 Å². The Morgan fingerprint density at radius 2 is 2.50 bits per heavy atom. The van der Waals surface area contributed by atoms with Gasteiger partial charge in [-0.25, -0.2) is 0 Å². The van der Waals surface area contributed by atoms with Gasteiger partial charge in [0, 0.05) is 18.5 Å². The molecule has 1 aliphatic heterocycles. The van der Waals surface area contributed by atoms with E-state index in [4.69, 9.17) is 5.73 Å². The maximum Gasteiger partial charge on any atom is 0.131 e. The molecule has 0 spiro atoms. The Bertz CT molecular complexity index is 139. The van der Waals surface area contributed by atoms with Gasteiger partial charge >= 0.3 is 0 Å². The lowest BCUT2D eigenvalue weighted by Crippen LogP contribution is -2.43. The van der Waals surface area contributed by atoms with Crippen LogP contribution >= 0.6 is 0 Å². The lowest BCUT2D eigenvalue weighted by molar-refractivity contribution is -0.118. The normalized spacial score (nSPS) is 32.6. The number of hydrogen-bond donors (Lipinski definition) is 2. The molecule has 1 saturated heterocycles. The van der Waals surface area contributed by atoms with Gasteiger partial charge in [0.15, 0.2) is 0 Å². The van der Waals surface area contributed by atoms with E-state index in [1.54, 1.807) is 6.92 Å². The summed E-state index contributed by atoms with van der Waals surface area (Å²) < 4.78 is 0. The number of Topliss-reactive ketones (excluding diaryl/α,β-unsaturated/α-hetero) is 1. The van der Waals surface area contributed by atoms with Crippen LogP contribution in [0.5, 0.6) is 0 Å². The zero-order chi connectivity index (χ0) is 7.61. The van der Waals surface area contributed by atoms with E-state index in [9.17, 15) is 4.79 Å². The molecule has 3 N–H and O–H groups in total. The average Bonchev–Trinajstić information content (AvgIpc) is 2.12. The molecule has 0 saturated carbocycles. The Balaban J connectivity index is 2.43. The first-order chi connectivity index (χ1) is 4.62. The zero-order valence-electron chi connectivity index (χ0n) is 6.31. The topological polar surface area (TPSA) is 55.1 Å². The third kappa shape index (κ3) is 1.78. The zero-order valence-corrected chi connectivity index (χ0v) is 6.31. The van der Waals surface area contributed by atoms with Crippen LogP contribution < -0.4 is 11.1 Å².